The van der Waals surface area contributed by atoms with Crippen LogP contribution in [0.1, 0.15) is 36.1 Å². The molecule has 0 fully saturated rings. The summed E-state index contributed by atoms with van der Waals surface area (Å²) in [6.07, 6.45) is 4.12. The minimum atomic E-state index is -3.93. The number of nitrogens with zero attached hydrogens (tertiary/aromatic N) is 2. The summed E-state index contributed by atoms with van der Waals surface area (Å²) in [7, 11) is -2.61. The predicted octanol–water partition coefficient (Wildman–Crippen LogP) is 2.74. The molecule has 0 aromatic heterocycles. The van der Waals surface area contributed by atoms with Crippen molar-refractivity contribution in [1.29, 1.82) is 0 Å². The molecule has 9 nitrogen and oxygen atoms in total. The average molecular weight is 448 g/mol. The Morgan fingerprint density at radius 3 is 2.58 bits per heavy atom. The fourth-order valence-electron chi connectivity index (χ4n) is 3.73. The van der Waals surface area contributed by atoms with Gasteiger partial charge < -0.3 is 10.1 Å². The number of aryl methyl sites for hydroxylation is 2. The molecule has 1 atom stereocenters. The average Bonchev–Trinajstić information content (AvgIpc) is 3.18. The first-order valence-electron chi connectivity index (χ1n) is 9.81. The molecule has 10 heteroatoms. The highest BCUT2D eigenvalue weighted by molar-refractivity contribution is 7.92. The van der Waals surface area contributed by atoms with Gasteiger partial charge in [-0.3, -0.25) is 19.2 Å². The van der Waals surface area contributed by atoms with Gasteiger partial charge >= 0.3 is 0 Å². The molecule has 1 amide bonds. The Bertz CT molecular complexity index is 1120. The molecule has 166 valence electrons. The zero-order valence-electron chi connectivity index (χ0n) is 17.6. The third-order valence-corrected chi connectivity index (χ3v) is 6.46. The lowest BCUT2D eigenvalue weighted by Gasteiger charge is -2.24. The molecule has 2 aromatic carbocycles. The van der Waals surface area contributed by atoms with Crippen LogP contribution in [-0.4, -0.2) is 39.2 Å². The monoisotopic (exact) mass is 447 g/mol. The van der Waals surface area contributed by atoms with Crippen molar-refractivity contribution in [3.8, 4) is 5.75 Å². The van der Waals surface area contributed by atoms with Crippen molar-refractivity contribution in [2.75, 3.05) is 24.2 Å². The van der Waals surface area contributed by atoms with E-state index in [9.17, 15) is 23.3 Å². The fraction of sp³-hybridized carbons (Fsp3) is 0.381. The lowest BCUT2D eigenvalue weighted by molar-refractivity contribution is -0.384. The van der Waals surface area contributed by atoms with Crippen LogP contribution in [0.4, 0.5) is 11.4 Å². The maximum atomic E-state index is 12.7. The van der Waals surface area contributed by atoms with E-state index in [1.165, 1.54) is 30.4 Å². The summed E-state index contributed by atoms with van der Waals surface area (Å²) in [5.41, 5.74) is 3.16. The normalized spacial score (nSPS) is 13.9. The summed E-state index contributed by atoms with van der Waals surface area (Å²) in [6.45, 7) is 1.29. The highest BCUT2D eigenvalue weighted by Gasteiger charge is 2.27. The van der Waals surface area contributed by atoms with Crippen molar-refractivity contribution in [2.24, 2.45) is 0 Å². The predicted molar refractivity (Wildman–Crippen MR) is 117 cm³/mol. The number of ether oxygens (including phenoxy) is 1. The Morgan fingerprint density at radius 2 is 1.94 bits per heavy atom. The number of sulfonamides is 1. The van der Waals surface area contributed by atoms with Gasteiger partial charge in [-0.15, -0.1) is 0 Å². The van der Waals surface area contributed by atoms with E-state index in [0.29, 0.717) is 0 Å². The molecular weight excluding hydrogens is 422 g/mol. The van der Waals surface area contributed by atoms with E-state index < -0.39 is 27.4 Å². The Hall–Kier alpha value is -3.14. The van der Waals surface area contributed by atoms with Crippen molar-refractivity contribution in [1.82, 2.24) is 5.32 Å². The van der Waals surface area contributed by atoms with Crippen LogP contribution in [0.3, 0.4) is 0 Å². The zero-order chi connectivity index (χ0) is 22.8. The van der Waals surface area contributed by atoms with E-state index in [1.54, 1.807) is 0 Å². The van der Waals surface area contributed by atoms with Gasteiger partial charge in [-0.1, -0.05) is 18.2 Å². The first kappa shape index (κ1) is 22.5. The lowest BCUT2D eigenvalue weighted by Crippen LogP contribution is -2.41. The van der Waals surface area contributed by atoms with E-state index >= 15 is 0 Å². The van der Waals surface area contributed by atoms with Gasteiger partial charge in [-0.25, -0.2) is 8.42 Å². The number of nitrogens with one attached hydrogen (secondary N) is 1. The second kappa shape index (κ2) is 8.93. The number of amides is 1. The van der Waals surface area contributed by atoms with Crippen molar-refractivity contribution in [2.45, 2.75) is 32.2 Å². The summed E-state index contributed by atoms with van der Waals surface area (Å²) >= 11 is 0. The number of nitro benzene ring substituents is 1. The maximum Gasteiger partial charge on any atom is 0.271 e. The van der Waals surface area contributed by atoms with Crippen molar-refractivity contribution in [3.63, 3.8) is 0 Å². The van der Waals surface area contributed by atoms with Gasteiger partial charge in [0.05, 0.1) is 24.3 Å². The Kier molecular flexibility index (Phi) is 6.49. The number of carbonyl (C=O) groups excluding carboxylic acids is 1. The van der Waals surface area contributed by atoms with Crippen LogP contribution in [0.15, 0.2) is 36.4 Å². The number of methoxy groups -OCH3 is 1. The molecule has 1 N–H and O–H groups in total. The highest BCUT2D eigenvalue weighted by atomic mass is 32.2. The summed E-state index contributed by atoms with van der Waals surface area (Å²) in [4.78, 5) is 23.2. The van der Waals surface area contributed by atoms with Crippen LogP contribution in [0.5, 0.6) is 5.75 Å². The molecule has 0 aliphatic heterocycles. The summed E-state index contributed by atoms with van der Waals surface area (Å²) in [6, 6.07) is 9.37. The quantitative estimate of drug-likeness (QED) is 0.491. The van der Waals surface area contributed by atoms with Crippen molar-refractivity contribution < 1.29 is 22.9 Å². The standard InChI is InChI=1S/C21H25N3O6S/c1-14(16-8-7-15-5-4-6-17(15)11-16)22-21(25)13-23(31(3,28)29)19-12-18(24(26)27)9-10-20(19)30-2/h7-12,14H,4-6,13H2,1-3H3,(H,22,25)/t14-/m0/s1. The molecule has 31 heavy (non-hydrogen) atoms. The minimum Gasteiger partial charge on any atom is -0.495 e. The number of anilines is 1. The number of hydrogen-bond donors (Lipinski definition) is 1. The number of non-ortho nitro benzene ring substituents is 1. The molecule has 0 heterocycles. The van der Waals surface area contributed by atoms with E-state index in [0.717, 1.165) is 41.5 Å². The van der Waals surface area contributed by atoms with Gasteiger partial charge in [0, 0.05) is 12.1 Å². The number of fused-ring (bicyclic) bond motifs is 1. The molecule has 1 aliphatic carbocycles. The number of hydrogen-bond acceptors (Lipinski definition) is 6. The highest BCUT2D eigenvalue weighted by Crippen LogP contribution is 2.33. The smallest absolute Gasteiger partial charge is 0.271 e. The summed E-state index contributed by atoms with van der Waals surface area (Å²) in [5.74, 6) is -0.428. The van der Waals surface area contributed by atoms with Crippen LogP contribution in [0, 0.1) is 10.1 Å². The third kappa shape index (κ3) is 5.13. The van der Waals surface area contributed by atoms with E-state index in [1.807, 2.05) is 13.0 Å². The zero-order valence-corrected chi connectivity index (χ0v) is 18.4. The SMILES string of the molecule is COc1ccc([N+](=O)[O-])cc1N(CC(=O)N[C@@H](C)c1ccc2c(c1)CCC2)S(C)(=O)=O. The van der Waals surface area contributed by atoms with Crippen LogP contribution in [0.25, 0.3) is 0 Å². The molecule has 3 rings (SSSR count). The number of nitro groups is 1. The minimum absolute atomic E-state index is 0.0699. The second-order valence-electron chi connectivity index (χ2n) is 7.55. The van der Waals surface area contributed by atoms with E-state index in [-0.39, 0.29) is 23.2 Å². The van der Waals surface area contributed by atoms with Gasteiger partial charge in [0.15, 0.2) is 0 Å². The first-order valence-corrected chi connectivity index (χ1v) is 11.7. The molecule has 2 aromatic rings. The molecule has 0 saturated carbocycles. The van der Waals surface area contributed by atoms with Crippen LogP contribution in [0.2, 0.25) is 0 Å². The van der Waals surface area contributed by atoms with Gasteiger partial charge in [-0.2, -0.15) is 0 Å². The van der Waals surface area contributed by atoms with Crippen molar-refractivity contribution >= 4 is 27.3 Å². The van der Waals surface area contributed by atoms with Crippen LogP contribution < -0.4 is 14.4 Å². The Balaban J connectivity index is 1.83. The molecule has 0 radical (unpaired) electrons. The maximum absolute atomic E-state index is 12.7. The fourth-order valence-corrected chi connectivity index (χ4v) is 4.58. The van der Waals surface area contributed by atoms with Gasteiger partial charge in [0.2, 0.25) is 15.9 Å². The second-order valence-corrected chi connectivity index (χ2v) is 9.46. The topological polar surface area (TPSA) is 119 Å². The van der Waals surface area contributed by atoms with E-state index in [2.05, 4.69) is 17.4 Å². The third-order valence-electron chi connectivity index (χ3n) is 5.33. The lowest BCUT2D eigenvalue weighted by atomic mass is 10.0. The first-order chi connectivity index (χ1) is 14.6. The van der Waals surface area contributed by atoms with Gasteiger partial charge in [-0.05, 0) is 48.9 Å². The Labute approximate surface area is 181 Å². The molecule has 1 aliphatic rings. The number of carbonyl (C=O) groups is 1. The van der Waals surface area contributed by atoms with Gasteiger partial charge in [0.1, 0.15) is 18.0 Å². The number of benzene rings is 2. The molecule has 0 saturated heterocycles. The molecule has 0 bridgehead atoms. The largest absolute Gasteiger partial charge is 0.495 e. The van der Waals surface area contributed by atoms with E-state index in [4.69, 9.17) is 4.74 Å². The summed E-state index contributed by atoms with van der Waals surface area (Å²) < 4.78 is 30.8. The molecule has 0 spiro atoms. The number of rotatable bonds is 8. The molecular formula is C21H25N3O6S. The van der Waals surface area contributed by atoms with Crippen LogP contribution >= 0.6 is 0 Å². The Morgan fingerprint density at radius 1 is 1.23 bits per heavy atom. The van der Waals surface area contributed by atoms with Gasteiger partial charge in [0.25, 0.3) is 5.69 Å². The molecule has 0 unspecified atom stereocenters. The van der Waals surface area contributed by atoms with Crippen LogP contribution in [-0.2, 0) is 27.7 Å². The van der Waals surface area contributed by atoms with Crippen molar-refractivity contribution in [3.05, 3.63) is 63.2 Å². The summed E-state index contributed by atoms with van der Waals surface area (Å²) in [5, 5.41) is 14.0.